The van der Waals surface area contributed by atoms with Gasteiger partial charge in [0.25, 0.3) is 0 Å². The number of nitrogens with zero attached hydrogens (tertiary/aromatic N) is 1. The highest BCUT2D eigenvalue weighted by atomic mass is 31.1. The zero-order chi connectivity index (χ0) is 17.0. The number of carbonyl (C=O) groups is 2. The number of imide groups is 1. The molecule has 23 heavy (non-hydrogen) atoms. The molecular formula is C16H23N2O4P+2. The standard InChI is InChI=1S/C16H21N2O4P/c1-12-7-6-10-18(12,16(20)21)15(19)13(2)17-23(22)11-14-8-4-3-5-9-14/h3-5,8-9,12-13H,6-7,10-11H2,1-2H3/p+2/t12-,13+,18?/m1/s1. The molecule has 1 fully saturated rings. The molecule has 0 spiro atoms. The lowest BCUT2D eigenvalue weighted by atomic mass is 10.2. The van der Waals surface area contributed by atoms with Crippen LogP contribution in [0.3, 0.4) is 0 Å². The Bertz CT molecular complexity index is 607. The second-order valence-electron chi connectivity index (χ2n) is 6.08. The molecule has 1 heterocycles. The fourth-order valence-corrected chi connectivity index (χ4v) is 4.37. The van der Waals surface area contributed by atoms with Crippen LogP contribution in [-0.4, -0.2) is 40.2 Å². The average molecular weight is 338 g/mol. The van der Waals surface area contributed by atoms with Gasteiger partial charge in [0.2, 0.25) is 0 Å². The topological polar surface area (TPSA) is 83.5 Å². The molecule has 0 bridgehead atoms. The summed E-state index contributed by atoms with van der Waals surface area (Å²) in [5, 5.41) is 12.4. The van der Waals surface area contributed by atoms with E-state index in [1.807, 2.05) is 30.3 Å². The van der Waals surface area contributed by atoms with E-state index in [2.05, 4.69) is 5.09 Å². The molecule has 1 saturated heterocycles. The van der Waals surface area contributed by atoms with Gasteiger partial charge in [-0.25, -0.2) is 4.79 Å². The van der Waals surface area contributed by atoms with Crippen LogP contribution in [-0.2, 0) is 15.5 Å². The summed E-state index contributed by atoms with van der Waals surface area (Å²) in [6.45, 7) is 3.68. The molecule has 0 saturated carbocycles. The van der Waals surface area contributed by atoms with E-state index in [0.29, 0.717) is 25.5 Å². The quantitative estimate of drug-likeness (QED) is 0.637. The molecule has 0 radical (unpaired) electrons. The van der Waals surface area contributed by atoms with Crippen molar-refractivity contribution >= 4 is 20.0 Å². The Balaban J connectivity index is 2.04. The molecule has 1 aliphatic heterocycles. The Morgan fingerprint density at radius 1 is 1.39 bits per heavy atom. The van der Waals surface area contributed by atoms with Crippen molar-refractivity contribution in [2.75, 3.05) is 6.54 Å². The number of benzene rings is 1. The monoisotopic (exact) mass is 338 g/mol. The smallest absolute Gasteiger partial charge is 0.435 e. The van der Waals surface area contributed by atoms with Crippen LogP contribution >= 0.6 is 7.95 Å². The average Bonchev–Trinajstić information content (AvgIpc) is 2.90. The van der Waals surface area contributed by atoms with Crippen molar-refractivity contribution in [1.82, 2.24) is 5.09 Å². The zero-order valence-corrected chi connectivity index (χ0v) is 14.3. The molecule has 2 unspecified atom stereocenters. The summed E-state index contributed by atoms with van der Waals surface area (Å²) < 4.78 is 11.7. The number of nitrogens with one attached hydrogen (secondary N) is 1. The molecule has 0 aliphatic carbocycles. The molecule has 1 aromatic rings. The number of rotatable bonds is 5. The van der Waals surface area contributed by atoms with Crippen LogP contribution in [0.25, 0.3) is 0 Å². The van der Waals surface area contributed by atoms with Crippen molar-refractivity contribution < 1.29 is 23.7 Å². The molecule has 2 N–H and O–H groups in total. The summed E-state index contributed by atoms with van der Waals surface area (Å²) in [6, 6.07) is 8.33. The summed E-state index contributed by atoms with van der Waals surface area (Å²) in [5.41, 5.74) is 0.914. The Morgan fingerprint density at radius 3 is 2.57 bits per heavy atom. The van der Waals surface area contributed by atoms with Crippen molar-refractivity contribution in [2.24, 2.45) is 0 Å². The van der Waals surface area contributed by atoms with Gasteiger partial charge in [-0.15, -0.1) is 0 Å². The first-order valence-electron chi connectivity index (χ1n) is 7.78. The van der Waals surface area contributed by atoms with Gasteiger partial charge in [-0.05, 0) is 18.4 Å². The second-order valence-corrected chi connectivity index (χ2v) is 7.41. The Morgan fingerprint density at radius 2 is 2.04 bits per heavy atom. The van der Waals surface area contributed by atoms with E-state index in [1.54, 1.807) is 13.8 Å². The SMILES string of the molecule is C[C@H](N[P+](=O)Cc1ccccc1)C(=O)[N+]1(C(=O)O)CCC[C@H]1C. The molecule has 124 valence electrons. The van der Waals surface area contributed by atoms with Crippen LogP contribution < -0.4 is 5.09 Å². The van der Waals surface area contributed by atoms with E-state index < -0.39 is 30.5 Å². The highest BCUT2D eigenvalue weighted by Crippen LogP contribution is 2.30. The predicted molar refractivity (Wildman–Crippen MR) is 87.2 cm³/mol. The Hall–Kier alpha value is -1.62. The minimum Gasteiger partial charge on any atom is -0.435 e. The van der Waals surface area contributed by atoms with Gasteiger partial charge in [-0.1, -0.05) is 35.4 Å². The summed E-state index contributed by atoms with van der Waals surface area (Å²) in [6.07, 6.45) is 0.617. The summed E-state index contributed by atoms with van der Waals surface area (Å²) in [7, 11) is -1.82. The normalized spacial score (nSPS) is 25.8. The molecular weight excluding hydrogens is 315 g/mol. The first kappa shape index (κ1) is 17.7. The van der Waals surface area contributed by atoms with Gasteiger partial charge in [0.15, 0.2) is 12.2 Å². The number of amides is 2. The third-order valence-electron chi connectivity index (χ3n) is 4.50. The highest BCUT2D eigenvalue weighted by Gasteiger charge is 2.55. The van der Waals surface area contributed by atoms with Crippen molar-refractivity contribution in [3.8, 4) is 0 Å². The molecule has 2 amide bonds. The molecule has 7 heteroatoms. The van der Waals surface area contributed by atoms with Gasteiger partial charge in [-0.2, -0.15) is 9.28 Å². The van der Waals surface area contributed by atoms with Crippen LogP contribution in [0.1, 0.15) is 32.3 Å². The first-order valence-corrected chi connectivity index (χ1v) is 9.23. The minimum absolute atomic E-state index is 0.253. The van der Waals surface area contributed by atoms with E-state index >= 15 is 0 Å². The van der Waals surface area contributed by atoms with E-state index in [0.717, 1.165) is 5.56 Å². The number of carbonyl (C=O) groups excluding carboxylic acids is 1. The summed E-state index contributed by atoms with van der Waals surface area (Å²) in [5.74, 6) is -0.418. The van der Waals surface area contributed by atoms with Crippen LogP contribution in [0.2, 0.25) is 0 Å². The third-order valence-corrected chi connectivity index (χ3v) is 5.82. The number of hydrogen-bond donors (Lipinski definition) is 2. The second kappa shape index (κ2) is 7.30. The van der Waals surface area contributed by atoms with E-state index in [1.165, 1.54) is 0 Å². The van der Waals surface area contributed by atoms with E-state index in [9.17, 15) is 19.3 Å². The van der Waals surface area contributed by atoms with Crippen molar-refractivity contribution in [2.45, 2.75) is 44.9 Å². The largest absolute Gasteiger partial charge is 0.521 e. The third kappa shape index (κ3) is 3.66. The maximum Gasteiger partial charge on any atom is 0.521 e. The maximum atomic E-state index is 12.7. The molecule has 2 rings (SSSR count). The van der Waals surface area contributed by atoms with E-state index in [-0.39, 0.29) is 6.04 Å². The summed E-state index contributed by atoms with van der Waals surface area (Å²) >= 11 is 0. The van der Waals surface area contributed by atoms with Crippen molar-refractivity contribution in [3.05, 3.63) is 35.9 Å². The number of likely N-dealkylation sites (tertiary alicyclic amines) is 1. The molecule has 1 aliphatic rings. The lowest BCUT2D eigenvalue weighted by Crippen LogP contribution is -2.62. The van der Waals surface area contributed by atoms with Gasteiger partial charge in [-0.3, -0.25) is 0 Å². The molecule has 1 aromatic carbocycles. The number of hydrogen-bond acceptors (Lipinski definition) is 3. The molecule has 6 nitrogen and oxygen atoms in total. The van der Waals surface area contributed by atoms with E-state index in [4.69, 9.17) is 0 Å². The van der Waals surface area contributed by atoms with Crippen molar-refractivity contribution in [3.63, 3.8) is 0 Å². The Labute approximate surface area is 136 Å². The highest BCUT2D eigenvalue weighted by molar-refractivity contribution is 7.41. The van der Waals surface area contributed by atoms with Crippen LogP contribution in [0, 0.1) is 0 Å². The lowest BCUT2D eigenvalue weighted by Gasteiger charge is -2.30. The van der Waals surface area contributed by atoms with Gasteiger partial charge in [0.05, 0.1) is 6.54 Å². The van der Waals surface area contributed by atoms with Crippen molar-refractivity contribution in [1.29, 1.82) is 0 Å². The fraction of sp³-hybridized carbons (Fsp3) is 0.500. The Kier molecular flexibility index (Phi) is 5.63. The number of quaternary nitrogens is 1. The zero-order valence-electron chi connectivity index (χ0n) is 13.4. The van der Waals surface area contributed by atoms with Gasteiger partial charge in [0, 0.05) is 18.4 Å². The van der Waals surface area contributed by atoms with Crippen LogP contribution in [0.15, 0.2) is 30.3 Å². The number of carboxylic acid groups (broad SMARTS) is 1. The van der Waals surface area contributed by atoms with Gasteiger partial charge >= 0.3 is 20.0 Å². The van der Waals surface area contributed by atoms with Gasteiger partial charge < -0.3 is 5.11 Å². The van der Waals surface area contributed by atoms with Crippen LogP contribution in [0.4, 0.5) is 4.79 Å². The summed E-state index contributed by atoms with van der Waals surface area (Å²) in [4.78, 5) is 24.4. The molecule has 0 aromatic heterocycles. The predicted octanol–water partition coefficient (Wildman–Crippen LogP) is 3.11. The fourth-order valence-electron chi connectivity index (χ4n) is 3.19. The van der Waals surface area contributed by atoms with Crippen LogP contribution in [0.5, 0.6) is 0 Å². The minimum atomic E-state index is -1.82. The lowest BCUT2D eigenvalue weighted by molar-refractivity contribution is -0.792. The van der Waals surface area contributed by atoms with Gasteiger partial charge in [0.1, 0.15) is 6.04 Å². The first-order chi connectivity index (χ1) is 10.9. The maximum absolute atomic E-state index is 12.7. The molecule has 4 atom stereocenters.